The molecule has 1 N–H and O–H groups in total. The Balaban J connectivity index is 2.03. The van der Waals surface area contributed by atoms with Gasteiger partial charge in [0.2, 0.25) is 0 Å². The first-order chi connectivity index (χ1) is 8.72. The van der Waals surface area contributed by atoms with Gasteiger partial charge >= 0.3 is 5.97 Å². The number of carbonyl (C=O) groups excluding carboxylic acids is 1. The molecule has 18 heavy (non-hydrogen) atoms. The molecule has 6 heteroatoms. The summed E-state index contributed by atoms with van der Waals surface area (Å²) < 4.78 is 9.72. The third kappa shape index (κ3) is 2.95. The third-order valence-corrected chi connectivity index (χ3v) is 3.31. The van der Waals surface area contributed by atoms with Crippen LogP contribution in [-0.4, -0.2) is 35.9 Å². The number of ether oxygens (including phenoxy) is 2. The molecule has 1 aromatic carbocycles. The lowest BCUT2D eigenvalue weighted by molar-refractivity contribution is -0.140. The van der Waals surface area contributed by atoms with Gasteiger partial charge in [0.05, 0.1) is 31.7 Å². The molecule has 0 saturated carbocycles. The molecule has 0 aliphatic carbocycles. The Morgan fingerprint density at radius 1 is 1.44 bits per heavy atom. The second-order valence-corrected chi connectivity index (χ2v) is 4.68. The number of thioether (sulfide) groups is 1. The molecule has 0 unspecified atom stereocenters. The Labute approximate surface area is 109 Å². The lowest BCUT2D eigenvalue weighted by atomic mass is 10.3. The van der Waals surface area contributed by atoms with Gasteiger partial charge in [-0.3, -0.25) is 4.79 Å². The fraction of sp³-hybridized carbons (Fsp3) is 0.333. The predicted octanol–water partition coefficient (Wildman–Crippen LogP) is 2.23. The van der Waals surface area contributed by atoms with Gasteiger partial charge in [-0.25, -0.2) is 4.98 Å². The van der Waals surface area contributed by atoms with E-state index in [9.17, 15) is 4.79 Å². The van der Waals surface area contributed by atoms with E-state index in [-0.39, 0.29) is 5.97 Å². The maximum Gasteiger partial charge on any atom is 0.306 e. The SMILES string of the molecule is COC(=O)CCSc1nc2ccc(OC)cc2[nH]1. The molecule has 0 amide bonds. The molecule has 2 rings (SSSR count). The Morgan fingerprint density at radius 2 is 2.28 bits per heavy atom. The highest BCUT2D eigenvalue weighted by Crippen LogP contribution is 2.23. The average Bonchev–Trinajstić information content (AvgIpc) is 2.79. The number of benzene rings is 1. The molecule has 0 atom stereocenters. The van der Waals surface area contributed by atoms with Crippen molar-refractivity contribution in [2.24, 2.45) is 0 Å². The summed E-state index contributed by atoms with van der Waals surface area (Å²) in [4.78, 5) is 18.6. The van der Waals surface area contributed by atoms with Crippen molar-refractivity contribution >= 4 is 28.8 Å². The van der Waals surface area contributed by atoms with Crippen LogP contribution in [0.5, 0.6) is 5.75 Å². The number of carbonyl (C=O) groups is 1. The van der Waals surface area contributed by atoms with Crippen LogP contribution in [0.25, 0.3) is 11.0 Å². The van der Waals surface area contributed by atoms with E-state index in [1.807, 2.05) is 18.2 Å². The average molecular weight is 266 g/mol. The lowest BCUT2D eigenvalue weighted by Gasteiger charge is -1.97. The summed E-state index contributed by atoms with van der Waals surface area (Å²) in [6.07, 6.45) is 0.377. The molecule has 0 saturated heterocycles. The van der Waals surface area contributed by atoms with Crippen molar-refractivity contribution in [3.05, 3.63) is 18.2 Å². The molecule has 2 aromatic rings. The van der Waals surface area contributed by atoms with E-state index in [0.29, 0.717) is 12.2 Å². The van der Waals surface area contributed by atoms with Crippen molar-refractivity contribution in [2.75, 3.05) is 20.0 Å². The van der Waals surface area contributed by atoms with Crippen LogP contribution >= 0.6 is 11.8 Å². The summed E-state index contributed by atoms with van der Waals surface area (Å²) in [5.41, 5.74) is 1.81. The monoisotopic (exact) mass is 266 g/mol. The predicted molar refractivity (Wildman–Crippen MR) is 70.0 cm³/mol. The van der Waals surface area contributed by atoms with Gasteiger partial charge in [-0.05, 0) is 12.1 Å². The van der Waals surface area contributed by atoms with E-state index >= 15 is 0 Å². The number of hydrogen-bond donors (Lipinski definition) is 1. The number of methoxy groups -OCH3 is 2. The zero-order valence-corrected chi connectivity index (χ0v) is 11.0. The number of imidazole rings is 1. The molecular weight excluding hydrogens is 252 g/mol. The van der Waals surface area contributed by atoms with Crippen LogP contribution in [0.15, 0.2) is 23.4 Å². The van der Waals surface area contributed by atoms with Gasteiger partial charge in [0.15, 0.2) is 5.16 Å². The Morgan fingerprint density at radius 3 is 3.00 bits per heavy atom. The van der Waals surface area contributed by atoms with E-state index in [0.717, 1.165) is 21.9 Å². The number of nitrogens with one attached hydrogen (secondary N) is 1. The minimum Gasteiger partial charge on any atom is -0.497 e. The molecule has 96 valence electrons. The smallest absolute Gasteiger partial charge is 0.306 e. The number of rotatable bonds is 5. The molecule has 1 heterocycles. The van der Waals surface area contributed by atoms with Crippen LogP contribution in [0.1, 0.15) is 6.42 Å². The van der Waals surface area contributed by atoms with Crippen LogP contribution in [0.4, 0.5) is 0 Å². The first-order valence-corrected chi connectivity index (χ1v) is 6.45. The molecule has 0 aliphatic heterocycles. The maximum absolute atomic E-state index is 11.0. The summed E-state index contributed by atoms with van der Waals surface area (Å²) >= 11 is 1.50. The topological polar surface area (TPSA) is 64.2 Å². The number of esters is 1. The maximum atomic E-state index is 11.0. The number of hydrogen-bond acceptors (Lipinski definition) is 5. The van der Waals surface area contributed by atoms with Gasteiger partial charge in [-0.15, -0.1) is 0 Å². The van der Waals surface area contributed by atoms with E-state index in [1.165, 1.54) is 18.9 Å². The number of H-pyrrole nitrogens is 1. The number of nitrogens with zero attached hydrogens (tertiary/aromatic N) is 1. The van der Waals surface area contributed by atoms with Gasteiger partial charge in [0.1, 0.15) is 5.75 Å². The van der Waals surface area contributed by atoms with E-state index < -0.39 is 0 Å². The van der Waals surface area contributed by atoms with Gasteiger partial charge in [0.25, 0.3) is 0 Å². The molecule has 1 aromatic heterocycles. The van der Waals surface area contributed by atoms with Crippen LogP contribution in [0.3, 0.4) is 0 Å². The summed E-state index contributed by atoms with van der Waals surface area (Å²) in [6.45, 7) is 0. The highest BCUT2D eigenvalue weighted by molar-refractivity contribution is 7.99. The molecule has 0 aliphatic rings. The van der Waals surface area contributed by atoms with Gasteiger partial charge in [-0.1, -0.05) is 11.8 Å². The van der Waals surface area contributed by atoms with Crippen molar-refractivity contribution in [2.45, 2.75) is 11.6 Å². The quantitative estimate of drug-likeness (QED) is 0.664. The molecule has 0 spiro atoms. The first-order valence-electron chi connectivity index (χ1n) is 5.46. The van der Waals surface area contributed by atoms with E-state index in [1.54, 1.807) is 7.11 Å². The van der Waals surface area contributed by atoms with Crippen LogP contribution < -0.4 is 4.74 Å². The normalized spacial score (nSPS) is 10.6. The largest absolute Gasteiger partial charge is 0.497 e. The standard InChI is InChI=1S/C12H14N2O3S/c1-16-8-3-4-9-10(7-8)14-12(13-9)18-6-5-11(15)17-2/h3-4,7H,5-6H2,1-2H3,(H,13,14). The molecule has 0 bridgehead atoms. The minimum absolute atomic E-state index is 0.208. The fourth-order valence-electron chi connectivity index (χ4n) is 1.49. The lowest BCUT2D eigenvalue weighted by Crippen LogP contribution is -2.01. The van der Waals surface area contributed by atoms with Crippen molar-refractivity contribution in [3.8, 4) is 5.75 Å². The Hall–Kier alpha value is -1.69. The summed E-state index contributed by atoms with van der Waals surface area (Å²) in [5.74, 6) is 1.22. The summed E-state index contributed by atoms with van der Waals surface area (Å²) in [5, 5.41) is 0.794. The highest BCUT2D eigenvalue weighted by Gasteiger charge is 2.06. The van der Waals surface area contributed by atoms with Crippen LogP contribution in [0.2, 0.25) is 0 Å². The molecule has 5 nitrogen and oxygen atoms in total. The van der Waals surface area contributed by atoms with Gasteiger partial charge in [-0.2, -0.15) is 0 Å². The van der Waals surface area contributed by atoms with Crippen molar-refractivity contribution < 1.29 is 14.3 Å². The second-order valence-electron chi connectivity index (χ2n) is 3.60. The summed E-state index contributed by atoms with van der Waals surface area (Å²) in [7, 11) is 3.02. The molecular formula is C12H14N2O3S. The Kier molecular flexibility index (Phi) is 4.09. The second kappa shape index (κ2) is 5.77. The number of aromatic nitrogens is 2. The van der Waals surface area contributed by atoms with E-state index in [2.05, 4.69) is 14.7 Å². The van der Waals surface area contributed by atoms with Crippen molar-refractivity contribution in [1.82, 2.24) is 9.97 Å². The minimum atomic E-state index is -0.208. The number of fused-ring (bicyclic) bond motifs is 1. The highest BCUT2D eigenvalue weighted by atomic mass is 32.2. The zero-order valence-electron chi connectivity index (χ0n) is 10.2. The third-order valence-electron chi connectivity index (χ3n) is 2.44. The van der Waals surface area contributed by atoms with Crippen molar-refractivity contribution in [3.63, 3.8) is 0 Å². The molecule has 0 fully saturated rings. The van der Waals surface area contributed by atoms with Gasteiger partial charge < -0.3 is 14.5 Å². The fourth-order valence-corrected chi connectivity index (χ4v) is 2.30. The Bertz CT molecular complexity index is 553. The molecule has 0 radical (unpaired) electrons. The summed E-state index contributed by atoms with van der Waals surface area (Å²) in [6, 6.07) is 5.66. The van der Waals surface area contributed by atoms with Crippen molar-refractivity contribution in [1.29, 1.82) is 0 Å². The first kappa shape index (κ1) is 12.8. The van der Waals surface area contributed by atoms with Crippen LogP contribution in [-0.2, 0) is 9.53 Å². The van der Waals surface area contributed by atoms with E-state index in [4.69, 9.17) is 4.74 Å². The zero-order chi connectivity index (χ0) is 13.0. The van der Waals surface area contributed by atoms with Gasteiger partial charge in [0, 0.05) is 11.8 Å². The van der Waals surface area contributed by atoms with Crippen LogP contribution in [0, 0.1) is 0 Å². The number of aromatic amines is 1.